The Balaban J connectivity index is 1.18. The van der Waals surface area contributed by atoms with Crippen molar-refractivity contribution in [2.75, 3.05) is 39.3 Å². The van der Waals surface area contributed by atoms with Gasteiger partial charge in [0.25, 0.3) is 5.91 Å². The topological polar surface area (TPSA) is 61.6 Å². The summed E-state index contributed by atoms with van der Waals surface area (Å²) < 4.78 is 15.1. The molecule has 174 valence electrons. The summed E-state index contributed by atoms with van der Waals surface area (Å²) in [5, 5.41) is 9.36. The van der Waals surface area contributed by atoms with E-state index >= 15 is 0 Å². The van der Waals surface area contributed by atoms with Crippen molar-refractivity contribution in [1.82, 2.24) is 19.4 Å². The number of nitrogens with zero attached hydrogens (tertiary/aromatic N) is 4. The molecule has 3 aromatic rings. The summed E-state index contributed by atoms with van der Waals surface area (Å²) in [5.74, 6) is 0.869. The number of halogens is 1. The lowest BCUT2D eigenvalue weighted by Crippen LogP contribution is -2.38. The van der Waals surface area contributed by atoms with E-state index in [1.54, 1.807) is 18.5 Å². The predicted molar refractivity (Wildman–Crippen MR) is 126 cm³/mol. The van der Waals surface area contributed by atoms with E-state index in [4.69, 9.17) is 0 Å². The van der Waals surface area contributed by atoms with Gasteiger partial charge in [-0.05, 0) is 74.0 Å². The van der Waals surface area contributed by atoms with Crippen molar-refractivity contribution < 1.29 is 14.3 Å². The second kappa shape index (κ2) is 9.61. The number of imidazole rings is 1. The third kappa shape index (κ3) is 4.66. The van der Waals surface area contributed by atoms with Gasteiger partial charge < -0.3 is 19.5 Å². The lowest BCUT2D eigenvalue weighted by molar-refractivity contribution is 0.0783. The van der Waals surface area contributed by atoms with Gasteiger partial charge in [0.1, 0.15) is 5.82 Å². The Bertz CT molecular complexity index is 1110. The van der Waals surface area contributed by atoms with Crippen molar-refractivity contribution in [3.8, 4) is 0 Å². The fourth-order valence-corrected chi connectivity index (χ4v) is 5.46. The maximum absolute atomic E-state index is 13.4. The Morgan fingerprint density at radius 2 is 1.85 bits per heavy atom. The second-order valence-corrected chi connectivity index (χ2v) is 9.37. The van der Waals surface area contributed by atoms with E-state index in [2.05, 4.69) is 9.88 Å². The highest BCUT2D eigenvalue weighted by Gasteiger charge is 2.31. The maximum atomic E-state index is 13.4. The van der Waals surface area contributed by atoms with Crippen LogP contribution < -0.4 is 0 Å². The number of likely N-dealkylation sites (tertiary alicyclic amines) is 2. The second-order valence-electron chi connectivity index (χ2n) is 9.37. The molecule has 2 aliphatic rings. The van der Waals surface area contributed by atoms with Crippen LogP contribution in [0.3, 0.4) is 0 Å². The summed E-state index contributed by atoms with van der Waals surface area (Å²) in [4.78, 5) is 22.2. The number of aromatic nitrogens is 2. The normalized spacial score (nSPS) is 20.1. The van der Waals surface area contributed by atoms with E-state index in [0.717, 1.165) is 63.0 Å². The van der Waals surface area contributed by atoms with Gasteiger partial charge in [0, 0.05) is 26.2 Å². The van der Waals surface area contributed by atoms with Crippen molar-refractivity contribution in [2.24, 2.45) is 5.92 Å². The molecule has 0 radical (unpaired) electrons. The van der Waals surface area contributed by atoms with Gasteiger partial charge in [-0.3, -0.25) is 4.79 Å². The molecule has 3 heterocycles. The van der Waals surface area contributed by atoms with E-state index in [9.17, 15) is 14.3 Å². The largest absolute Gasteiger partial charge is 0.395 e. The molecule has 0 spiro atoms. The van der Waals surface area contributed by atoms with E-state index < -0.39 is 0 Å². The van der Waals surface area contributed by atoms with E-state index in [1.807, 2.05) is 39.8 Å². The van der Waals surface area contributed by atoms with Crippen LogP contribution in [0, 0.1) is 11.7 Å². The first kappa shape index (κ1) is 22.0. The van der Waals surface area contributed by atoms with Gasteiger partial charge in [-0.2, -0.15) is 0 Å². The zero-order valence-electron chi connectivity index (χ0n) is 18.9. The lowest BCUT2D eigenvalue weighted by atomic mass is 9.89. The van der Waals surface area contributed by atoms with Crippen molar-refractivity contribution in [1.29, 1.82) is 0 Å². The SMILES string of the molecule is O=C(c1cccc2ncn(CCO)c12)N1CCC(CN2CCC(c3ccc(F)cc3)CC2)C1. The molecule has 1 unspecified atom stereocenters. The Kier molecular flexibility index (Phi) is 6.42. The average molecular weight is 451 g/mol. The van der Waals surface area contributed by atoms with Crippen LogP contribution in [0.2, 0.25) is 0 Å². The first-order valence-corrected chi connectivity index (χ1v) is 11.9. The quantitative estimate of drug-likeness (QED) is 0.624. The van der Waals surface area contributed by atoms with Crippen LogP contribution in [0.1, 0.15) is 41.1 Å². The summed E-state index contributed by atoms with van der Waals surface area (Å²) in [5.41, 5.74) is 3.50. The molecular formula is C26H31FN4O2. The number of rotatable bonds is 6. The number of carbonyl (C=O) groups excluding carboxylic acids is 1. The smallest absolute Gasteiger partial charge is 0.256 e. The number of piperidine rings is 1. The summed E-state index contributed by atoms with van der Waals surface area (Å²) in [6.45, 7) is 5.11. The van der Waals surface area contributed by atoms with Crippen LogP contribution >= 0.6 is 0 Å². The van der Waals surface area contributed by atoms with Crippen LogP contribution in [0.5, 0.6) is 0 Å². The van der Waals surface area contributed by atoms with Crippen LogP contribution in [0.15, 0.2) is 48.8 Å². The monoisotopic (exact) mass is 450 g/mol. The predicted octanol–water partition coefficient (Wildman–Crippen LogP) is 3.51. The maximum Gasteiger partial charge on any atom is 0.256 e. The number of para-hydroxylation sites is 1. The molecular weight excluding hydrogens is 419 g/mol. The number of aliphatic hydroxyl groups excluding tert-OH is 1. The number of hydrogen-bond donors (Lipinski definition) is 1. The minimum atomic E-state index is -0.175. The van der Waals surface area contributed by atoms with Gasteiger partial charge in [-0.15, -0.1) is 0 Å². The molecule has 1 amide bonds. The molecule has 6 nitrogen and oxygen atoms in total. The van der Waals surface area contributed by atoms with Crippen molar-refractivity contribution >= 4 is 16.9 Å². The zero-order chi connectivity index (χ0) is 22.8. The fourth-order valence-electron chi connectivity index (χ4n) is 5.46. The molecule has 2 fully saturated rings. The minimum Gasteiger partial charge on any atom is -0.395 e. The van der Waals surface area contributed by atoms with E-state index in [1.165, 1.54) is 5.56 Å². The summed E-state index contributed by atoms with van der Waals surface area (Å²) in [6, 6.07) is 12.6. The van der Waals surface area contributed by atoms with Crippen molar-refractivity contribution in [3.05, 3.63) is 65.7 Å². The van der Waals surface area contributed by atoms with Gasteiger partial charge in [-0.1, -0.05) is 18.2 Å². The van der Waals surface area contributed by atoms with Crippen LogP contribution in [-0.2, 0) is 6.54 Å². The molecule has 2 aromatic carbocycles. The summed E-state index contributed by atoms with van der Waals surface area (Å²) in [6.07, 6.45) is 4.91. The highest BCUT2D eigenvalue weighted by molar-refractivity contribution is 6.05. The molecule has 0 bridgehead atoms. The lowest BCUT2D eigenvalue weighted by Gasteiger charge is -2.33. The Hall–Kier alpha value is -2.77. The van der Waals surface area contributed by atoms with Gasteiger partial charge in [0.15, 0.2) is 0 Å². The molecule has 0 saturated carbocycles. The van der Waals surface area contributed by atoms with Gasteiger partial charge in [0.05, 0.1) is 29.5 Å². The Labute approximate surface area is 193 Å². The number of aliphatic hydroxyl groups is 1. The van der Waals surface area contributed by atoms with Gasteiger partial charge >= 0.3 is 0 Å². The van der Waals surface area contributed by atoms with Crippen LogP contribution in [0.4, 0.5) is 4.39 Å². The van der Waals surface area contributed by atoms with Crippen molar-refractivity contribution in [2.45, 2.75) is 31.7 Å². The standard InChI is InChI=1S/C26H31FN4O2/c27-22-6-4-20(5-7-22)21-9-11-29(12-10-21)16-19-8-13-30(17-19)26(33)23-2-1-3-24-25(23)31(14-15-32)18-28-24/h1-7,18-19,21,32H,8-17H2. The number of carbonyl (C=O) groups is 1. The molecule has 0 aliphatic carbocycles. The summed E-state index contributed by atoms with van der Waals surface area (Å²) >= 11 is 0. The van der Waals surface area contributed by atoms with Crippen molar-refractivity contribution in [3.63, 3.8) is 0 Å². The molecule has 33 heavy (non-hydrogen) atoms. The molecule has 1 atom stereocenters. The number of benzene rings is 2. The first-order chi connectivity index (χ1) is 16.1. The first-order valence-electron chi connectivity index (χ1n) is 11.9. The summed E-state index contributed by atoms with van der Waals surface area (Å²) in [7, 11) is 0. The van der Waals surface area contributed by atoms with Crippen LogP contribution in [0.25, 0.3) is 11.0 Å². The molecule has 5 rings (SSSR count). The highest BCUT2D eigenvalue weighted by Crippen LogP contribution is 2.30. The molecule has 1 N–H and O–H groups in total. The van der Waals surface area contributed by atoms with E-state index in [-0.39, 0.29) is 18.3 Å². The molecule has 2 saturated heterocycles. The molecule has 7 heteroatoms. The molecule has 2 aliphatic heterocycles. The highest BCUT2D eigenvalue weighted by atomic mass is 19.1. The van der Waals surface area contributed by atoms with Crippen LogP contribution in [-0.4, -0.2) is 69.7 Å². The number of fused-ring (bicyclic) bond motifs is 1. The number of hydrogen-bond acceptors (Lipinski definition) is 4. The minimum absolute atomic E-state index is 0.0115. The third-order valence-corrected chi connectivity index (χ3v) is 7.23. The zero-order valence-corrected chi connectivity index (χ0v) is 18.9. The molecule has 1 aromatic heterocycles. The Morgan fingerprint density at radius 3 is 2.61 bits per heavy atom. The average Bonchev–Trinajstić information content (AvgIpc) is 3.47. The number of amides is 1. The van der Waals surface area contributed by atoms with E-state index in [0.29, 0.717) is 23.9 Å². The Morgan fingerprint density at radius 1 is 1.06 bits per heavy atom. The van der Waals surface area contributed by atoms with Gasteiger partial charge in [0.2, 0.25) is 0 Å². The third-order valence-electron chi connectivity index (χ3n) is 7.23. The van der Waals surface area contributed by atoms with Gasteiger partial charge in [-0.25, -0.2) is 9.37 Å². The fraction of sp³-hybridized carbons (Fsp3) is 0.462.